The number of rotatable bonds is 5. The van der Waals surface area contributed by atoms with Crippen LogP contribution in [-0.2, 0) is 0 Å². The van der Waals surface area contributed by atoms with E-state index in [1.54, 1.807) is 64.2 Å². The van der Waals surface area contributed by atoms with Crippen molar-refractivity contribution < 1.29 is 0 Å². The molecule has 3 aliphatic carbocycles. The van der Waals surface area contributed by atoms with E-state index in [0.29, 0.717) is 0 Å². The molecular formula is C29H54. The molecule has 0 aliphatic heterocycles. The van der Waals surface area contributed by atoms with E-state index in [2.05, 4.69) is 13.8 Å². The molecule has 6 atom stereocenters. The van der Waals surface area contributed by atoms with E-state index in [4.69, 9.17) is 0 Å². The van der Waals surface area contributed by atoms with Crippen LogP contribution in [-0.4, -0.2) is 0 Å². The molecule has 6 unspecified atom stereocenters. The highest BCUT2D eigenvalue weighted by atomic mass is 14.4. The summed E-state index contributed by atoms with van der Waals surface area (Å²) in [5, 5.41) is 0. The highest BCUT2D eigenvalue weighted by Gasteiger charge is 2.31. The van der Waals surface area contributed by atoms with Crippen molar-refractivity contribution in [2.75, 3.05) is 0 Å². The average Bonchev–Trinajstić information content (AvgIpc) is 2.73. The van der Waals surface area contributed by atoms with Gasteiger partial charge in [-0.1, -0.05) is 123 Å². The summed E-state index contributed by atoms with van der Waals surface area (Å²) in [5.41, 5.74) is 0. The second kappa shape index (κ2) is 13.4. The molecule has 0 N–H and O–H groups in total. The molecule has 0 heterocycles. The second-order valence-corrected chi connectivity index (χ2v) is 11.6. The van der Waals surface area contributed by atoms with E-state index in [1.807, 2.05) is 0 Å². The molecule has 3 saturated carbocycles. The minimum atomic E-state index is 1.07. The number of hydrogen-bond donors (Lipinski definition) is 0. The van der Waals surface area contributed by atoms with Crippen LogP contribution in [0.15, 0.2) is 0 Å². The van der Waals surface area contributed by atoms with Crippen molar-refractivity contribution in [1.82, 2.24) is 0 Å². The van der Waals surface area contributed by atoms with Crippen LogP contribution >= 0.6 is 0 Å². The molecule has 0 nitrogen and oxygen atoms in total. The Morgan fingerprint density at radius 3 is 1.41 bits per heavy atom. The Labute approximate surface area is 184 Å². The van der Waals surface area contributed by atoms with Gasteiger partial charge < -0.3 is 0 Å². The molecule has 3 fully saturated rings. The summed E-state index contributed by atoms with van der Waals surface area (Å²) in [6, 6.07) is 0. The fraction of sp³-hybridized carbons (Fsp3) is 1.00. The maximum Gasteiger partial charge on any atom is -0.0383 e. The maximum atomic E-state index is 2.39. The van der Waals surface area contributed by atoms with Gasteiger partial charge in [0.15, 0.2) is 0 Å². The minimum Gasteiger partial charge on any atom is -0.0654 e. The Hall–Kier alpha value is 0. The topological polar surface area (TPSA) is 0 Å². The molecule has 0 aromatic heterocycles. The summed E-state index contributed by atoms with van der Waals surface area (Å²) in [7, 11) is 0. The van der Waals surface area contributed by atoms with Crippen LogP contribution in [0.25, 0.3) is 0 Å². The Morgan fingerprint density at radius 1 is 0.448 bits per heavy atom. The van der Waals surface area contributed by atoms with Crippen molar-refractivity contribution in [1.29, 1.82) is 0 Å². The molecule has 0 radical (unpaired) electrons. The van der Waals surface area contributed by atoms with Crippen molar-refractivity contribution in [2.24, 2.45) is 35.5 Å². The first-order valence-electron chi connectivity index (χ1n) is 14.3. The van der Waals surface area contributed by atoms with Crippen LogP contribution in [0, 0.1) is 35.5 Å². The summed E-state index contributed by atoms with van der Waals surface area (Å²) in [6.45, 7) is 4.76. The van der Waals surface area contributed by atoms with Gasteiger partial charge in [0, 0.05) is 0 Å². The van der Waals surface area contributed by atoms with Crippen LogP contribution in [0.2, 0.25) is 0 Å². The predicted molar refractivity (Wildman–Crippen MR) is 129 cm³/mol. The maximum absolute atomic E-state index is 2.39. The van der Waals surface area contributed by atoms with Crippen LogP contribution in [0.1, 0.15) is 149 Å². The summed E-state index contributed by atoms with van der Waals surface area (Å²) in [6.07, 6.45) is 32.2. The van der Waals surface area contributed by atoms with Crippen LogP contribution in [0.5, 0.6) is 0 Å². The van der Waals surface area contributed by atoms with Gasteiger partial charge in [-0.3, -0.25) is 0 Å². The average molecular weight is 403 g/mol. The fourth-order valence-electron chi connectivity index (χ4n) is 7.72. The molecule has 0 heteroatoms. The third kappa shape index (κ3) is 7.88. The molecule has 29 heavy (non-hydrogen) atoms. The van der Waals surface area contributed by atoms with Crippen LogP contribution in [0.3, 0.4) is 0 Å². The van der Waals surface area contributed by atoms with E-state index >= 15 is 0 Å². The van der Waals surface area contributed by atoms with Crippen molar-refractivity contribution in [3.05, 3.63) is 0 Å². The van der Waals surface area contributed by atoms with E-state index in [9.17, 15) is 0 Å². The molecule has 0 spiro atoms. The quantitative estimate of drug-likeness (QED) is 0.429. The molecule has 0 bridgehead atoms. The van der Waals surface area contributed by atoms with E-state index < -0.39 is 0 Å². The Kier molecular flexibility index (Phi) is 10.9. The third-order valence-corrected chi connectivity index (χ3v) is 9.46. The zero-order valence-electron chi connectivity index (χ0n) is 20.3. The zero-order valence-corrected chi connectivity index (χ0v) is 20.3. The van der Waals surface area contributed by atoms with Gasteiger partial charge in [-0.2, -0.15) is 0 Å². The number of hydrogen-bond acceptors (Lipinski definition) is 0. The summed E-state index contributed by atoms with van der Waals surface area (Å²) < 4.78 is 0. The van der Waals surface area contributed by atoms with Gasteiger partial charge in [-0.05, 0) is 61.2 Å². The van der Waals surface area contributed by atoms with Crippen molar-refractivity contribution in [3.8, 4) is 0 Å². The van der Waals surface area contributed by atoms with E-state index in [1.165, 1.54) is 70.6 Å². The molecule has 0 aromatic carbocycles. The van der Waals surface area contributed by atoms with Gasteiger partial charge >= 0.3 is 0 Å². The van der Waals surface area contributed by atoms with Gasteiger partial charge in [-0.15, -0.1) is 0 Å². The first kappa shape index (κ1) is 23.7. The third-order valence-electron chi connectivity index (χ3n) is 9.46. The van der Waals surface area contributed by atoms with Crippen molar-refractivity contribution in [2.45, 2.75) is 149 Å². The minimum absolute atomic E-state index is 1.07. The monoisotopic (exact) mass is 402 g/mol. The standard InChI is InChI=1S/C29H54/c1-3-5-13-25-19-21-27-15-9-6-8-14-26-20-18-24(12-4-2)22-28(26)16-10-7-11-17-29(27)23-25/h24-29H,3-23H2,1-2H3. The first-order chi connectivity index (χ1) is 14.3. The van der Waals surface area contributed by atoms with Crippen LogP contribution < -0.4 is 0 Å². The smallest absolute Gasteiger partial charge is 0.0383 e. The van der Waals surface area contributed by atoms with Crippen molar-refractivity contribution in [3.63, 3.8) is 0 Å². The molecule has 0 aromatic rings. The lowest BCUT2D eigenvalue weighted by Gasteiger charge is -2.38. The summed E-state index contributed by atoms with van der Waals surface area (Å²) in [5.74, 6) is 6.51. The number of unbranched alkanes of at least 4 members (excludes halogenated alkanes) is 1. The van der Waals surface area contributed by atoms with Crippen molar-refractivity contribution >= 4 is 0 Å². The predicted octanol–water partition coefficient (Wildman–Crippen LogP) is 9.96. The SMILES string of the molecule is CCCCC1CCC2CCCCCC3CCC(CCC)CC3CCCCCC2C1. The molecule has 3 aliphatic rings. The van der Waals surface area contributed by atoms with Crippen LogP contribution in [0.4, 0.5) is 0 Å². The molecular weight excluding hydrogens is 348 g/mol. The fourth-order valence-corrected chi connectivity index (χ4v) is 7.72. The normalized spacial score (nSPS) is 37.9. The Balaban J connectivity index is 1.49. The van der Waals surface area contributed by atoms with E-state index in [0.717, 1.165) is 35.5 Å². The second-order valence-electron chi connectivity index (χ2n) is 11.6. The van der Waals surface area contributed by atoms with E-state index in [-0.39, 0.29) is 0 Å². The zero-order chi connectivity index (χ0) is 20.3. The Morgan fingerprint density at radius 2 is 0.931 bits per heavy atom. The molecule has 0 saturated heterocycles. The highest BCUT2D eigenvalue weighted by Crippen LogP contribution is 2.44. The Bertz CT molecular complexity index is 412. The lowest BCUT2D eigenvalue weighted by atomic mass is 9.68. The molecule has 0 amide bonds. The van der Waals surface area contributed by atoms with Gasteiger partial charge in [0.2, 0.25) is 0 Å². The molecule has 3 rings (SSSR count). The summed E-state index contributed by atoms with van der Waals surface area (Å²) in [4.78, 5) is 0. The molecule has 170 valence electrons. The van der Waals surface area contributed by atoms with Gasteiger partial charge in [0.05, 0.1) is 0 Å². The largest absolute Gasteiger partial charge is 0.0654 e. The number of fused-ring (bicyclic) bond motifs is 2. The lowest BCUT2D eigenvalue weighted by molar-refractivity contribution is 0.135. The lowest BCUT2D eigenvalue weighted by Crippen LogP contribution is -2.26. The highest BCUT2D eigenvalue weighted by molar-refractivity contribution is 4.83. The van der Waals surface area contributed by atoms with Gasteiger partial charge in [0.25, 0.3) is 0 Å². The first-order valence-corrected chi connectivity index (χ1v) is 14.3. The van der Waals surface area contributed by atoms with Gasteiger partial charge in [-0.25, -0.2) is 0 Å². The van der Waals surface area contributed by atoms with Gasteiger partial charge in [0.1, 0.15) is 0 Å². The summed E-state index contributed by atoms with van der Waals surface area (Å²) >= 11 is 0.